The third-order valence-corrected chi connectivity index (χ3v) is 2.73. The van der Waals surface area contributed by atoms with E-state index in [4.69, 9.17) is 15.6 Å². The zero-order chi connectivity index (χ0) is 16.5. The molecule has 0 fully saturated rings. The quantitative estimate of drug-likeness (QED) is 0.383. The molecule has 0 unspecified atom stereocenters. The molecule has 1 aromatic carbocycles. The first kappa shape index (κ1) is 17.2. The molecule has 7 heteroatoms. The summed E-state index contributed by atoms with van der Waals surface area (Å²) in [6, 6.07) is 7.65. The van der Waals surface area contributed by atoms with Crippen molar-refractivity contribution in [3.63, 3.8) is 0 Å². The van der Waals surface area contributed by atoms with E-state index in [1.807, 2.05) is 0 Å². The molecule has 0 aliphatic rings. The largest absolute Gasteiger partial charge is 0.486 e. The van der Waals surface area contributed by atoms with E-state index >= 15 is 0 Å². The Morgan fingerprint density at radius 2 is 1.82 bits per heavy atom. The second-order valence-corrected chi connectivity index (χ2v) is 4.32. The van der Waals surface area contributed by atoms with Crippen LogP contribution in [0.25, 0.3) is 0 Å². The van der Waals surface area contributed by atoms with Gasteiger partial charge in [0.1, 0.15) is 0 Å². The smallest absolute Gasteiger partial charge is 0.373 e. The Kier molecular flexibility index (Phi) is 6.62. The van der Waals surface area contributed by atoms with Crippen molar-refractivity contribution in [2.45, 2.75) is 19.8 Å². The van der Waals surface area contributed by atoms with E-state index < -0.39 is 17.8 Å². The minimum Gasteiger partial charge on any atom is -0.486 e. The van der Waals surface area contributed by atoms with E-state index in [0.29, 0.717) is 5.56 Å². The minimum absolute atomic E-state index is 0.00169. The summed E-state index contributed by atoms with van der Waals surface area (Å²) in [4.78, 5) is 34.2. The van der Waals surface area contributed by atoms with Crippen molar-refractivity contribution in [3.8, 4) is 0 Å². The van der Waals surface area contributed by atoms with Crippen LogP contribution in [-0.2, 0) is 9.53 Å². The summed E-state index contributed by atoms with van der Waals surface area (Å²) in [7, 11) is 0. The summed E-state index contributed by atoms with van der Waals surface area (Å²) in [6.45, 7) is 1.72. The van der Waals surface area contributed by atoms with E-state index in [1.165, 1.54) is 0 Å². The fraction of sp³-hybridized carbons (Fsp3) is 0.267. The number of Topliss-reactive ketones (excluding diaryl/α,β-unsaturated/α-hetero) is 1. The standard InChI is InChI=1S/C15H18N2O5/c1-2-22-13(14(19)20)11(17-15(16)21)8-9-12(18)10-6-4-3-5-7-10/h3-7H,2,8-9H2,1H3,(H,19,20)(H3,16,17,21). The van der Waals surface area contributed by atoms with Crippen LogP contribution in [0, 0.1) is 0 Å². The maximum absolute atomic E-state index is 12.0. The highest BCUT2D eigenvalue weighted by molar-refractivity contribution is 5.96. The van der Waals surface area contributed by atoms with Crippen molar-refractivity contribution in [1.29, 1.82) is 0 Å². The molecular formula is C15H18N2O5. The number of nitrogens with two attached hydrogens (primary N) is 1. The molecule has 0 aliphatic carbocycles. The van der Waals surface area contributed by atoms with Gasteiger partial charge in [-0.2, -0.15) is 0 Å². The lowest BCUT2D eigenvalue weighted by atomic mass is 10.1. The van der Waals surface area contributed by atoms with E-state index in [2.05, 4.69) is 5.32 Å². The number of rotatable bonds is 8. The van der Waals surface area contributed by atoms with Gasteiger partial charge in [0.2, 0.25) is 5.76 Å². The van der Waals surface area contributed by atoms with Crippen molar-refractivity contribution in [2.24, 2.45) is 5.73 Å². The molecular weight excluding hydrogens is 288 g/mol. The molecule has 0 saturated heterocycles. The number of hydrogen-bond acceptors (Lipinski definition) is 4. The Hall–Kier alpha value is -2.83. The predicted octanol–water partition coefficient (Wildman–Crippen LogP) is 1.65. The summed E-state index contributed by atoms with van der Waals surface area (Å²) >= 11 is 0. The van der Waals surface area contributed by atoms with Gasteiger partial charge in [0.25, 0.3) is 0 Å². The monoisotopic (exact) mass is 306 g/mol. The average Bonchev–Trinajstić information content (AvgIpc) is 2.49. The molecule has 118 valence electrons. The number of primary amides is 1. The van der Waals surface area contributed by atoms with Crippen molar-refractivity contribution in [3.05, 3.63) is 47.4 Å². The zero-order valence-corrected chi connectivity index (χ0v) is 12.2. The van der Waals surface area contributed by atoms with Crippen LogP contribution in [-0.4, -0.2) is 29.5 Å². The van der Waals surface area contributed by atoms with Gasteiger partial charge in [-0.3, -0.25) is 4.79 Å². The molecule has 0 spiro atoms. The Labute approximate surface area is 127 Å². The first-order valence-corrected chi connectivity index (χ1v) is 6.69. The number of urea groups is 1. The summed E-state index contributed by atoms with van der Waals surface area (Å²) in [5, 5.41) is 11.3. The first-order valence-electron chi connectivity index (χ1n) is 6.69. The number of nitrogens with one attached hydrogen (secondary N) is 1. The zero-order valence-electron chi connectivity index (χ0n) is 12.2. The molecule has 1 rings (SSSR count). The van der Waals surface area contributed by atoms with Gasteiger partial charge in [-0.15, -0.1) is 0 Å². The van der Waals surface area contributed by atoms with E-state index in [9.17, 15) is 14.4 Å². The van der Waals surface area contributed by atoms with Gasteiger partial charge in [0.15, 0.2) is 5.78 Å². The number of hydrogen-bond donors (Lipinski definition) is 3. The van der Waals surface area contributed by atoms with Crippen LogP contribution < -0.4 is 11.1 Å². The summed E-state index contributed by atoms with van der Waals surface area (Å²) in [5.74, 6) is -1.93. The van der Waals surface area contributed by atoms with Crippen molar-refractivity contribution in [2.75, 3.05) is 6.61 Å². The van der Waals surface area contributed by atoms with Crippen LogP contribution in [0.4, 0.5) is 4.79 Å². The lowest BCUT2D eigenvalue weighted by Crippen LogP contribution is -2.31. The number of carboxylic acid groups (broad SMARTS) is 1. The van der Waals surface area contributed by atoms with Crippen LogP contribution >= 0.6 is 0 Å². The van der Waals surface area contributed by atoms with Gasteiger partial charge in [-0.1, -0.05) is 30.3 Å². The van der Waals surface area contributed by atoms with Crippen molar-refractivity contribution >= 4 is 17.8 Å². The summed E-state index contributed by atoms with van der Waals surface area (Å²) in [5.41, 5.74) is 5.51. The van der Waals surface area contributed by atoms with Gasteiger partial charge in [-0.05, 0) is 13.3 Å². The average molecular weight is 306 g/mol. The van der Waals surface area contributed by atoms with Crippen LogP contribution in [0.1, 0.15) is 30.1 Å². The van der Waals surface area contributed by atoms with E-state index in [1.54, 1.807) is 37.3 Å². The third-order valence-electron chi connectivity index (χ3n) is 2.73. The molecule has 7 nitrogen and oxygen atoms in total. The molecule has 0 radical (unpaired) electrons. The second-order valence-electron chi connectivity index (χ2n) is 4.32. The number of benzene rings is 1. The van der Waals surface area contributed by atoms with Crippen molar-refractivity contribution < 1.29 is 24.2 Å². The van der Waals surface area contributed by atoms with Crippen molar-refractivity contribution in [1.82, 2.24) is 5.32 Å². The topological polar surface area (TPSA) is 119 Å². The number of carbonyl (C=O) groups excluding carboxylic acids is 2. The number of ketones is 1. The van der Waals surface area contributed by atoms with Gasteiger partial charge in [-0.25, -0.2) is 9.59 Å². The first-order chi connectivity index (χ1) is 10.5. The lowest BCUT2D eigenvalue weighted by Gasteiger charge is -2.12. The number of aliphatic carboxylic acids is 1. The minimum atomic E-state index is -1.34. The fourth-order valence-electron chi connectivity index (χ4n) is 1.81. The lowest BCUT2D eigenvalue weighted by molar-refractivity contribution is -0.136. The Balaban J connectivity index is 2.90. The molecule has 1 aromatic rings. The number of amides is 2. The SMILES string of the molecule is CCOC(C(=O)O)=C(CCC(=O)c1ccccc1)NC(N)=O. The molecule has 0 heterocycles. The van der Waals surface area contributed by atoms with Gasteiger partial charge < -0.3 is 20.9 Å². The fourth-order valence-corrected chi connectivity index (χ4v) is 1.81. The molecule has 0 bridgehead atoms. The number of ether oxygens (including phenoxy) is 1. The second kappa shape index (κ2) is 8.46. The highest BCUT2D eigenvalue weighted by Crippen LogP contribution is 2.14. The number of carboxylic acids is 1. The Morgan fingerprint density at radius 3 is 2.32 bits per heavy atom. The number of allylic oxidation sites excluding steroid dienone is 1. The third kappa shape index (κ3) is 5.28. The highest BCUT2D eigenvalue weighted by Gasteiger charge is 2.18. The molecule has 2 amide bonds. The highest BCUT2D eigenvalue weighted by atomic mass is 16.5. The predicted molar refractivity (Wildman–Crippen MR) is 79.0 cm³/mol. The molecule has 22 heavy (non-hydrogen) atoms. The van der Waals surface area contributed by atoms with E-state index in [0.717, 1.165) is 0 Å². The van der Waals surface area contributed by atoms with Gasteiger partial charge in [0, 0.05) is 12.0 Å². The van der Waals surface area contributed by atoms with Gasteiger partial charge in [0.05, 0.1) is 12.3 Å². The molecule has 4 N–H and O–H groups in total. The number of carbonyl (C=O) groups is 3. The molecule has 0 aromatic heterocycles. The van der Waals surface area contributed by atoms with Gasteiger partial charge >= 0.3 is 12.0 Å². The molecule has 0 aliphatic heterocycles. The van der Waals surface area contributed by atoms with Crippen LogP contribution in [0.15, 0.2) is 41.8 Å². The summed E-state index contributed by atoms with van der Waals surface area (Å²) in [6.07, 6.45) is 0.0157. The van der Waals surface area contributed by atoms with Crippen LogP contribution in [0.2, 0.25) is 0 Å². The Morgan fingerprint density at radius 1 is 1.18 bits per heavy atom. The summed E-state index contributed by atoms with van der Waals surface area (Å²) < 4.78 is 5.00. The Bertz CT molecular complexity index is 581. The maximum atomic E-state index is 12.0. The maximum Gasteiger partial charge on any atom is 0.373 e. The van der Waals surface area contributed by atoms with E-state index in [-0.39, 0.29) is 30.9 Å². The molecule has 0 atom stereocenters. The normalized spacial score (nSPS) is 11.3. The molecule has 0 saturated carbocycles. The van der Waals surface area contributed by atoms with Crippen LogP contribution in [0.5, 0.6) is 0 Å². The van der Waals surface area contributed by atoms with Crippen LogP contribution in [0.3, 0.4) is 0 Å².